The molecule has 0 aromatic heterocycles. The largest absolute Gasteiger partial charge is 0.508 e. The van der Waals surface area contributed by atoms with Gasteiger partial charge in [0, 0.05) is 0 Å². The Bertz CT molecular complexity index is 592. The summed E-state index contributed by atoms with van der Waals surface area (Å²) in [4.78, 5) is 0. The number of ether oxygens (including phenoxy) is 1. The van der Waals surface area contributed by atoms with Crippen molar-refractivity contribution in [2.24, 2.45) is 0 Å². The second-order valence-corrected chi connectivity index (χ2v) is 6.72. The lowest BCUT2D eigenvalue weighted by Crippen LogP contribution is -1.97. The number of rotatable bonds is 12. The standard InChI is InChI=1S/C22H32O2/c1-2-3-4-5-6-7-8-9-10-11-16-24-22-15-13-19-17-21(23)14-12-20(19)18-22/h12-15,17-18,23H,2-11,16H2,1H3. The number of phenols is 1. The molecule has 0 bridgehead atoms. The molecule has 0 atom stereocenters. The molecule has 0 heterocycles. The zero-order valence-corrected chi connectivity index (χ0v) is 15.1. The summed E-state index contributed by atoms with van der Waals surface area (Å²) in [7, 11) is 0. The fraction of sp³-hybridized carbons (Fsp3) is 0.545. The fourth-order valence-electron chi connectivity index (χ4n) is 3.08. The average molecular weight is 328 g/mol. The summed E-state index contributed by atoms with van der Waals surface area (Å²) in [6.07, 6.45) is 13.4. The molecule has 2 aromatic rings. The van der Waals surface area contributed by atoms with E-state index in [2.05, 4.69) is 6.92 Å². The van der Waals surface area contributed by atoms with Crippen molar-refractivity contribution in [1.82, 2.24) is 0 Å². The van der Waals surface area contributed by atoms with E-state index < -0.39 is 0 Å². The van der Waals surface area contributed by atoms with Gasteiger partial charge in [0.2, 0.25) is 0 Å². The van der Waals surface area contributed by atoms with Gasteiger partial charge in [-0.1, -0.05) is 76.8 Å². The smallest absolute Gasteiger partial charge is 0.119 e. The van der Waals surface area contributed by atoms with Crippen molar-refractivity contribution >= 4 is 10.8 Å². The number of phenolic OH excluding ortho intramolecular Hbond substituents is 1. The second kappa shape index (κ2) is 11.0. The number of benzene rings is 2. The Kier molecular flexibility index (Phi) is 8.51. The molecule has 0 aliphatic carbocycles. The summed E-state index contributed by atoms with van der Waals surface area (Å²) in [5, 5.41) is 11.6. The number of hydrogen-bond donors (Lipinski definition) is 1. The second-order valence-electron chi connectivity index (χ2n) is 6.72. The maximum Gasteiger partial charge on any atom is 0.119 e. The van der Waals surface area contributed by atoms with E-state index in [9.17, 15) is 5.11 Å². The number of unbranched alkanes of at least 4 members (excludes halogenated alkanes) is 9. The number of aromatic hydroxyl groups is 1. The van der Waals surface area contributed by atoms with Gasteiger partial charge in [-0.2, -0.15) is 0 Å². The first-order valence-corrected chi connectivity index (χ1v) is 9.65. The fourth-order valence-corrected chi connectivity index (χ4v) is 3.08. The Balaban J connectivity index is 1.54. The molecule has 0 radical (unpaired) electrons. The Morgan fingerprint density at radius 2 is 1.29 bits per heavy atom. The van der Waals surface area contributed by atoms with Crippen LogP contribution >= 0.6 is 0 Å². The molecule has 24 heavy (non-hydrogen) atoms. The lowest BCUT2D eigenvalue weighted by Gasteiger charge is -2.08. The van der Waals surface area contributed by atoms with Crippen LogP contribution in [-0.2, 0) is 0 Å². The van der Waals surface area contributed by atoms with Gasteiger partial charge in [0.15, 0.2) is 0 Å². The molecule has 0 unspecified atom stereocenters. The van der Waals surface area contributed by atoms with Gasteiger partial charge in [-0.3, -0.25) is 0 Å². The van der Waals surface area contributed by atoms with Crippen molar-refractivity contribution in [2.75, 3.05) is 6.61 Å². The summed E-state index contributed by atoms with van der Waals surface area (Å²) in [6.45, 7) is 3.06. The monoisotopic (exact) mass is 328 g/mol. The highest BCUT2D eigenvalue weighted by atomic mass is 16.5. The van der Waals surface area contributed by atoms with E-state index in [0.29, 0.717) is 5.75 Å². The van der Waals surface area contributed by atoms with Gasteiger partial charge in [0.05, 0.1) is 6.61 Å². The van der Waals surface area contributed by atoms with E-state index in [1.54, 1.807) is 12.1 Å². The SMILES string of the molecule is CCCCCCCCCCCCOc1ccc2cc(O)ccc2c1. The predicted octanol–water partition coefficient (Wildman–Crippen LogP) is 6.85. The highest BCUT2D eigenvalue weighted by Crippen LogP contribution is 2.24. The predicted molar refractivity (Wildman–Crippen MR) is 103 cm³/mol. The minimum absolute atomic E-state index is 0.307. The molecule has 1 N–H and O–H groups in total. The van der Waals surface area contributed by atoms with Crippen molar-refractivity contribution in [1.29, 1.82) is 0 Å². The van der Waals surface area contributed by atoms with E-state index in [1.165, 1.54) is 57.8 Å². The Morgan fingerprint density at radius 1 is 0.708 bits per heavy atom. The van der Waals surface area contributed by atoms with Gasteiger partial charge in [-0.15, -0.1) is 0 Å². The zero-order valence-electron chi connectivity index (χ0n) is 15.1. The number of fused-ring (bicyclic) bond motifs is 1. The minimum Gasteiger partial charge on any atom is -0.508 e. The molecular weight excluding hydrogens is 296 g/mol. The van der Waals surface area contributed by atoms with E-state index in [1.807, 2.05) is 24.3 Å². The molecule has 0 amide bonds. The molecule has 2 rings (SSSR count). The molecule has 2 aromatic carbocycles. The van der Waals surface area contributed by atoms with Crippen LogP contribution in [0, 0.1) is 0 Å². The van der Waals surface area contributed by atoms with E-state index >= 15 is 0 Å². The topological polar surface area (TPSA) is 29.5 Å². The highest BCUT2D eigenvalue weighted by Gasteiger charge is 1.99. The summed E-state index contributed by atoms with van der Waals surface area (Å²) in [6, 6.07) is 11.5. The first-order valence-electron chi connectivity index (χ1n) is 9.65. The summed E-state index contributed by atoms with van der Waals surface area (Å²) in [5.41, 5.74) is 0. The molecule has 0 aliphatic rings. The third kappa shape index (κ3) is 6.82. The van der Waals surface area contributed by atoms with Crippen LogP contribution in [0.3, 0.4) is 0 Å². The maximum absolute atomic E-state index is 9.48. The quantitative estimate of drug-likeness (QED) is 0.432. The van der Waals surface area contributed by atoms with Crippen LogP contribution in [0.2, 0.25) is 0 Å². The Labute approximate surface area is 146 Å². The Morgan fingerprint density at radius 3 is 2.00 bits per heavy atom. The van der Waals surface area contributed by atoms with Crippen molar-refractivity contribution in [3.63, 3.8) is 0 Å². The lowest BCUT2D eigenvalue weighted by molar-refractivity contribution is 0.304. The van der Waals surface area contributed by atoms with Crippen LogP contribution in [0.1, 0.15) is 71.1 Å². The third-order valence-corrected chi connectivity index (χ3v) is 4.56. The lowest BCUT2D eigenvalue weighted by atomic mass is 10.1. The van der Waals surface area contributed by atoms with Crippen LogP contribution in [-0.4, -0.2) is 11.7 Å². The van der Waals surface area contributed by atoms with Crippen molar-refractivity contribution < 1.29 is 9.84 Å². The summed E-state index contributed by atoms with van der Waals surface area (Å²) >= 11 is 0. The van der Waals surface area contributed by atoms with Crippen molar-refractivity contribution in [2.45, 2.75) is 71.1 Å². The van der Waals surface area contributed by atoms with E-state index in [-0.39, 0.29) is 0 Å². The van der Waals surface area contributed by atoms with Gasteiger partial charge in [-0.25, -0.2) is 0 Å². The molecule has 132 valence electrons. The van der Waals surface area contributed by atoms with E-state index in [4.69, 9.17) is 4.74 Å². The molecular formula is C22H32O2. The van der Waals surface area contributed by atoms with Crippen molar-refractivity contribution in [3.8, 4) is 11.5 Å². The molecule has 0 saturated carbocycles. The van der Waals surface area contributed by atoms with Crippen LogP contribution < -0.4 is 4.74 Å². The van der Waals surface area contributed by atoms with Crippen LogP contribution in [0.25, 0.3) is 10.8 Å². The first-order chi connectivity index (χ1) is 11.8. The maximum atomic E-state index is 9.48. The van der Waals surface area contributed by atoms with Gasteiger partial charge in [0.1, 0.15) is 11.5 Å². The third-order valence-electron chi connectivity index (χ3n) is 4.56. The molecule has 2 heteroatoms. The van der Waals surface area contributed by atoms with Crippen molar-refractivity contribution in [3.05, 3.63) is 36.4 Å². The number of hydrogen-bond acceptors (Lipinski definition) is 2. The van der Waals surface area contributed by atoms with Gasteiger partial charge >= 0.3 is 0 Å². The molecule has 0 aliphatic heterocycles. The summed E-state index contributed by atoms with van der Waals surface area (Å²) < 4.78 is 5.85. The molecule has 0 saturated heterocycles. The van der Waals surface area contributed by atoms with Crippen LogP contribution in [0.15, 0.2) is 36.4 Å². The normalized spacial score (nSPS) is 11.0. The van der Waals surface area contributed by atoms with Crippen LogP contribution in [0.5, 0.6) is 11.5 Å². The van der Waals surface area contributed by atoms with Gasteiger partial charge in [-0.05, 0) is 41.5 Å². The first kappa shape index (κ1) is 18.6. The van der Waals surface area contributed by atoms with Crippen LogP contribution in [0.4, 0.5) is 0 Å². The highest BCUT2D eigenvalue weighted by molar-refractivity contribution is 5.85. The molecule has 0 spiro atoms. The Hall–Kier alpha value is -1.70. The summed E-state index contributed by atoms with van der Waals surface area (Å²) in [5.74, 6) is 1.23. The molecule has 0 fully saturated rings. The van der Waals surface area contributed by atoms with E-state index in [0.717, 1.165) is 29.5 Å². The minimum atomic E-state index is 0.307. The molecule has 2 nitrogen and oxygen atoms in total. The average Bonchev–Trinajstić information content (AvgIpc) is 2.59. The zero-order chi connectivity index (χ0) is 17.0. The van der Waals surface area contributed by atoms with Gasteiger partial charge in [0.25, 0.3) is 0 Å². The van der Waals surface area contributed by atoms with Gasteiger partial charge < -0.3 is 9.84 Å².